The van der Waals surface area contributed by atoms with Crippen molar-refractivity contribution in [3.05, 3.63) is 35.9 Å². The quantitative estimate of drug-likeness (QED) is 0.869. The van der Waals surface area contributed by atoms with Crippen molar-refractivity contribution >= 4 is 5.97 Å². The molecule has 0 amide bonds. The lowest BCUT2D eigenvalue weighted by Crippen LogP contribution is -2.28. The van der Waals surface area contributed by atoms with E-state index in [0.717, 1.165) is 32.5 Å². The van der Waals surface area contributed by atoms with Crippen LogP contribution >= 0.6 is 0 Å². The van der Waals surface area contributed by atoms with Gasteiger partial charge in [0.05, 0.1) is 6.42 Å². The highest BCUT2D eigenvalue weighted by molar-refractivity contribution is 5.67. The second-order valence-electron chi connectivity index (χ2n) is 5.37. The van der Waals surface area contributed by atoms with Crippen molar-refractivity contribution in [3.8, 4) is 0 Å². The summed E-state index contributed by atoms with van der Waals surface area (Å²) in [5, 5.41) is 9.03. The average molecular weight is 247 g/mol. The predicted molar refractivity (Wildman–Crippen MR) is 71.3 cm³/mol. The fourth-order valence-electron chi connectivity index (χ4n) is 2.88. The van der Waals surface area contributed by atoms with Crippen LogP contribution in [0.25, 0.3) is 0 Å². The molecule has 3 nitrogen and oxygen atoms in total. The lowest BCUT2D eigenvalue weighted by atomic mass is 9.81. The average Bonchev–Trinajstić information content (AvgIpc) is 2.73. The molecule has 0 spiro atoms. The minimum atomic E-state index is -0.668. The molecule has 1 fully saturated rings. The normalized spacial score (nSPS) is 24.3. The van der Waals surface area contributed by atoms with Crippen LogP contribution in [0.5, 0.6) is 0 Å². The number of hydrogen-bond acceptors (Lipinski definition) is 2. The number of aliphatic carboxylic acids is 1. The minimum Gasteiger partial charge on any atom is -0.481 e. The Hall–Kier alpha value is -1.35. The second-order valence-corrected chi connectivity index (χ2v) is 5.37. The molecule has 0 radical (unpaired) electrons. The second kappa shape index (κ2) is 5.53. The van der Waals surface area contributed by atoms with Crippen LogP contribution in [0.3, 0.4) is 0 Å². The first kappa shape index (κ1) is 13.1. The topological polar surface area (TPSA) is 40.5 Å². The molecule has 1 aromatic rings. The molecule has 0 aliphatic carbocycles. The van der Waals surface area contributed by atoms with Crippen molar-refractivity contribution in [2.24, 2.45) is 5.41 Å². The van der Waals surface area contributed by atoms with Crippen LogP contribution in [0.4, 0.5) is 0 Å². The van der Waals surface area contributed by atoms with Gasteiger partial charge in [-0.1, -0.05) is 37.3 Å². The molecule has 1 heterocycles. The van der Waals surface area contributed by atoms with Crippen molar-refractivity contribution in [2.45, 2.75) is 32.7 Å². The number of rotatable bonds is 5. The Bertz CT molecular complexity index is 404. The number of carboxylic acid groups (broad SMARTS) is 1. The highest BCUT2D eigenvalue weighted by Crippen LogP contribution is 2.37. The molecule has 1 aromatic carbocycles. The zero-order valence-corrected chi connectivity index (χ0v) is 10.9. The molecule has 1 aliphatic heterocycles. The highest BCUT2D eigenvalue weighted by Gasteiger charge is 2.38. The minimum absolute atomic E-state index is 0.0133. The third-order valence-corrected chi connectivity index (χ3v) is 4.04. The van der Waals surface area contributed by atoms with Gasteiger partial charge in [0.15, 0.2) is 0 Å². The van der Waals surface area contributed by atoms with Gasteiger partial charge in [-0.15, -0.1) is 0 Å². The van der Waals surface area contributed by atoms with Crippen LogP contribution < -0.4 is 0 Å². The smallest absolute Gasteiger partial charge is 0.303 e. The fourth-order valence-corrected chi connectivity index (χ4v) is 2.88. The van der Waals surface area contributed by atoms with Gasteiger partial charge in [-0.05, 0) is 30.4 Å². The Morgan fingerprint density at radius 3 is 2.72 bits per heavy atom. The van der Waals surface area contributed by atoms with Crippen molar-refractivity contribution in [2.75, 3.05) is 13.1 Å². The van der Waals surface area contributed by atoms with Gasteiger partial charge in [-0.3, -0.25) is 9.69 Å². The summed E-state index contributed by atoms with van der Waals surface area (Å²) in [7, 11) is 0. The van der Waals surface area contributed by atoms with Crippen molar-refractivity contribution in [3.63, 3.8) is 0 Å². The van der Waals surface area contributed by atoms with Crippen LogP contribution in [0, 0.1) is 5.41 Å². The van der Waals surface area contributed by atoms with Crippen molar-refractivity contribution < 1.29 is 9.90 Å². The number of carbonyl (C=O) groups is 1. The van der Waals surface area contributed by atoms with Gasteiger partial charge in [0.25, 0.3) is 0 Å². The molecule has 98 valence electrons. The van der Waals surface area contributed by atoms with Gasteiger partial charge in [-0.2, -0.15) is 0 Å². The monoisotopic (exact) mass is 247 g/mol. The van der Waals surface area contributed by atoms with Gasteiger partial charge >= 0.3 is 5.97 Å². The lowest BCUT2D eigenvalue weighted by molar-refractivity contribution is -0.139. The Kier molecular flexibility index (Phi) is 4.02. The van der Waals surface area contributed by atoms with Gasteiger partial charge in [0.1, 0.15) is 0 Å². The van der Waals surface area contributed by atoms with E-state index in [4.69, 9.17) is 5.11 Å². The Labute approximate surface area is 108 Å². The standard InChI is InChI=1S/C15H21NO2/c1-2-15(10-14(17)18)8-9-16(12-15)11-13-6-4-3-5-7-13/h3-7H,2,8-12H2,1H3,(H,17,18). The van der Waals surface area contributed by atoms with Crippen LogP contribution in [0.2, 0.25) is 0 Å². The summed E-state index contributed by atoms with van der Waals surface area (Å²) in [6, 6.07) is 10.4. The van der Waals surface area contributed by atoms with E-state index in [2.05, 4.69) is 36.1 Å². The molecule has 0 saturated carbocycles. The highest BCUT2D eigenvalue weighted by atomic mass is 16.4. The lowest BCUT2D eigenvalue weighted by Gasteiger charge is -2.26. The Morgan fingerprint density at radius 2 is 2.11 bits per heavy atom. The number of hydrogen-bond donors (Lipinski definition) is 1. The first-order chi connectivity index (χ1) is 8.63. The van der Waals surface area contributed by atoms with Crippen LogP contribution in [0.1, 0.15) is 31.7 Å². The summed E-state index contributed by atoms with van der Waals surface area (Å²) in [4.78, 5) is 13.3. The van der Waals surface area contributed by atoms with E-state index in [1.54, 1.807) is 0 Å². The number of likely N-dealkylation sites (tertiary alicyclic amines) is 1. The zero-order valence-electron chi connectivity index (χ0n) is 10.9. The molecular weight excluding hydrogens is 226 g/mol. The molecule has 0 bridgehead atoms. The van der Waals surface area contributed by atoms with Gasteiger partial charge in [-0.25, -0.2) is 0 Å². The SMILES string of the molecule is CCC1(CC(=O)O)CCN(Cc2ccccc2)C1. The molecule has 1 aliphatic rings. The molecule has 0 aromatic heterocycles. The van der Waals surface area contributed by atoms with Gasteiger partial charge in [0, 0.05) is 13.1 Å². The molecule has 1 unspecified atom stereocenters. The fraction of sp³-hybridized carbons (Fsp3) is 0.533. The maximum atomic E-state index is 11.0. The number of nitrogens with zero attached hydrogens (tertiary/aromatic N) is 1. The van der Waals surface area contributed by atoms with Crippen molar-refractivity contribution in [1.82, 2.24) is 4.90 Å². The first-order valence-corrected chi connectivity index (χ1v) is 6.62. The Morgan fingerprint density at radius 1 is 1.39 bits per heavy atom. The van der Waals surface area contributed by atoms with E-state index in [-0.39, 0.29) is 5.41 Å². The van der Waals surface area contributed by atoms with Gasteiger partial charge < -0.3 is 5.11 Å². The third-order valence-electron chi connectivity index (χ3n) is 4.04. The van der Waals surface area contributed by atoms with Gasteiger partial charge in [0.2, 0.25) is 0 Å². The zero-order chi connectivity index (χ0) is 13.0. The van der Waals surface area contributed by atoms with E-state index in [1.165, 1.54) is 5.56 Å². The largest absolute Gasteiger partial charge is 0.481 e. The summed E-state index contributed by atoms with van der Waals surface area (Å²) in [6.07, 6.45) is 2.25. The summed E-state index contributed by atoms with van der Waals surface area (Å²) >= 11 is 0. The molecule has 3 heteroatoms. The van der Waals surface area contributed by atoms with Crippen molar-refractivity contribution in [1.29, 1.82) is 0 Å². The maximum Gasteiger partial charge on any atom is 0.303 e. The van der Waals surface area contributed by atoms with E-state index < -0.39 is 5.97 Å². The summed E-state index contributed by atoms with van der Waals surface area (Å²) in [5.74, 6) is -0.668. The molecule has 1 N–H and O–H groups in total. The van der Waals surface area contributed by atoms with E-state index in [1.807, 2.05) is 6.07 Å². The van der Waals surface area contributed by atoms with E-state index in [9.17, 15) is 4.79 Å². The maximum absolute atomic E-state index is 11.0. The molecule has 2 rings (SSSR count). The Balaban J connectivity index is 1.97. The molecular formula is C15H21NO2. The third kappa shape index (κ3) is 3.10. The summed E-state index contributed by atoms with van der Waals surface area (Å²) in [6.45, 7) is 4.96. The number of carboxylic acids is 1. The summed E-state index contributed by atoms with van der Waals surface area (Å²) < 4.78 is 0. The van der Waals surface area contributed by atoms with Crippen LogP contribution in [-0.4, -0.2) is 29.1 Å². The first-order valence-electron chi connectivity index (χ1n) is 6.62. The van der Waals surface area contributed by atoms with Crippen LogP contribution in [-0.2, 0) is 11.3 Å². The molecule has 18 heavy (non-hydrogen) atoms. The molecule has 1 atom stereocenters. The van der Waals surface area contributed by atoms with Crippen LogP contribution in [0.15, 0.2) is 30.3 Å². The number of benzene rings is 1. The molecule has 1 saturated heterocycles. The van der Waals surface area contributed by atoms with E-state index >= 15 is 0 Å². The summed E-state index contributed by atoms with van der Waals surface area (Å²) in [5.41, 5.74) is 1.29. The predicted octanol–water partition coefficient (Wildman–Crippen LogP) is 2.76. The van der Waals surface area contributed by atoms with E-state index in [0.29, 0.717) is 6.42 Å².